The van der Waals surface area contributed by atoms with Crippen LogP contribution in [-0.2, 0) is 7.05 Å². The molecule has 2 heterocycles. The lowest BCUT2D eigenvalue weighted by Crippen LogP contribution is -1.96. The predicted octanol–water partition coefficient (Wildman–Crippen LogP) is 1.96. The number of ether oxygens (including phenoxy) is 1. The summed E-state index contributed by atoms with van der Waals surface area (Å²) in [6.07, 6.45) is 2.94. The first-order valence-corrected chi connectivity index (χ1v) is 4.69. The molecule has 0 aliphatic rings. The van der Waals surface area contributed by atoms with Crippen molar-refractivity contribution in [3.05, 3.63) is 29.3 Å². The van der Waals surface area contributed by atoms with Crippen molar-refractivity contribution in [1.29, 1.82) is 0 Å². The minimum atomic E-state index is 0.298. The van der Waals surface area contributed by atoms with E-state index in [-0.39, 0.29) is 0 Å². The van der Waals surface area contributed by atoms with Crippen molar-refractivity contribution < 1.29 is 4.74 Å². The molecule has 0 saturated heterocycles. The molecule has 0 N–H and O–H groups in total. The number of aryl methyl sites for hydroxylation is 2. The molecule has 2 rings (SSSR count). The van der Waals surface area contributed by atoms with Crippen LogP contribution in [0.2, 0.25) is 5.15 Å². The zero-order valence-electron chi connectivity index (χ0n) is 8.31. The van der Waals surface area contributed by atoms with E-state index in [1.807, 2.05) is 13.0 Å². The summed E-state index contributed by atoms with van der Waals surface area (Å²) < 4.78 is 7.08. The van der Waals surface area contributed by atoms with Crippen molar-refractivity contribution in [3.63, 3.8) is 0 Å². The largest absolute Gasteiger partial charge is 0.419 e. The molecule has 0 saturated carbocycles. The second-order valence-electron chi connectivity index (χ2n) is 3.03. The number of aromatic nitrogens is 4. The Morgan fingerprint density at radius 2 is 2.20 bits per heavy atom. The molecule has 0 radical (unpaired) electrons. The fraction of sp³-hybridized carbons (Fsp3) is 0.222. The van der Waals surface area contributed by atoms with Gasteiger partial charge in [0.25, 0.3) is 0 Å². The lowest BCUT2D eigenvalue weighted by atomic mass is 10.5. The van der Waals surface area contributed by atoms with Crippen LogP contribution in [0.3, 0.4) is 0 Å². The summed E-state index contributed by atoms with van der Waals surface area (Å²) in [4.78, 5) is 7.83. The normalized spacial score (nSPS) is 10.3. The maximum atomic E-state index is 5.68. The molecule has 0 aliphatic carbocycles. The topological polar surface area (TPSA) is 52.8 Å². The number of nitrogens with zero attached hydrogens (tertiary/aromatic N) is 4. The van der Waals surface area contributed by atoms with E-state index in [9.17, 15) is 0 Å². The zero-order valence-corrected chi connectivity index (χ0v) is 9.06. The van der Waals surface area contributed by atoms with E-state index in [0.717, 1.165) is 5.69 Å². The van der Waals surface area contributed by atoms with Crippen molar-refractivity contribution in [2.24, 2.45) is 7.05 Å². The van der Waals surface area contributed by atoms with Gasteiger partial charge in [-0.1, -0.05) is 11.6 Å². The molecule has 0 unspecified atom stereocenters. The Morgan fingerprint density at radius 1 is 1.40 bits per heavy atom. The first-order valence-electron chi connectivity index (χ1n) is 4.31. The third kappa shape index (κ3) is 2.24. The molecule has 2 aromatic rings. The summed E-state index contributed by atoms with van der Waals surface area (Å²) in [6, 6.07) is 1.81. The smallest absolute Gasteiger partial charge is 0.241 e. The van der Waals surface area contributed by atoms with Crippen molar-refractivity contribution >= 4 is 11.6 Å². The van der Waals surface area contributed by atoms with E-state index in [1.165, 1.54) is 12.4 Å². The van der Waals surface area contributed by atoms with Crippen LogP contribution in [0.25, 0.3) is 0 Å². The van der Waals surface area contributed by atoms with E-state index in [1.54, 1.807) is 11.7 Å². The highest BCUT2D eigenvalue weighted by Crippen LogP contribution is 2.19. The third-order valence-electron chi connectivity index (χ3n) is 1.75. The molecule has 2 aromatic heterocycles. The molecule has 0 bridgehead atoms. The Bertz CT molecular complexity index is 483. The van der Waals surface area contributed by atoms with Crippen LogP contribution in [0.4, 0.5) is 0 Å². The fourth-order valence-corrected chi connectivity index (χ4v) is 1.30. The van der Waals surface area contributed by atoms with Gasteiger partial charge in [-0.25, -0.2) is 4.68 Å². The number of halogens is 1. The van der Waals surface area contributed by atoms with E-state index in [0.29, 0.717) is 16.9 Å². The van der Waals surface area contributed by atoms with Crippen LogP contribution in [0.15, 0.2) is 18.5 Å². The summed E-state index contributed by atoms with van der Waals surface area (Å²) in [5.74, 6) is 0.953. The summed E-state index contributed by atoms with van der Waals surface area (Å²) in [6.45, 7) is 1.89. The highest BCUT2D eigenvalue weighted by molar-refractivity contribution is 6.29. The molecule has 0 fully saturated rings. The van der Waals surface area contributed by atoms with Gasteiger partial charge >= 0.3 is 0 Å². The van der Waals surface area contributed by atoms with E-state index >= 15 is 0 Å². The molecular weight excluding hydrogens is 216 g/mol. The zero-order chi connectivity index (χ0) is 10.8. The van der Waals surface area contributed by atoms with Gasteiger partial charge in [-0.05, 0) is 6.92 Å². The minimum absolute atomic E-state index is 0.298. The Hall–Kier alpha value is -1.62. The van der Waals surface area contributed by atoms with E-state index in [2.05, 4.69) is 15.1 Å². The van der Waals surface area contributed by atoms with Gasteiger partial charge in [-0.3, -0.25) is 4.98 Å². The molecule has 0 aromatic carbocycles. The van der Waals surface area contributed by atoms with Crippen molar-refractivity contribution in [3.8, 4) is 11.8 Å². The second kappa shape index (κ2) is 3.86. The van der Waals surface area contributed by atoms with Gasteiger partial charge in [0.05, 0.1) is 18.1 Å². The quantitative estimate of drug-likeness (QED) is 0.783. The first kappa shape index (κ1) is 9.92. The Balaban J connectivity index is 2.25. The highest BCUT2D eigenvalue weighted by atomic mass is 35.5. The van der Waals surface area contributed by atoms with Gasteiger partial charge in [0.15, 0.2) is 5.15 Å². The molecule has 0 amide bonds. The summed E-state index contributed by atoms with van der Waals surface area (Å²) >= 11 is 5.68. The summed E-state index contributed by atoms with van der Waals surface area (Å²) in [7, 11) is 1.79. The number of rotatable bonds is 2. The van der Waals surface area contributed by atoms with Crippen LogP contribution in [-0.4, -0.2) is 19.7 Å². The van der Waals surface area contributed by atoms with Gasteiger partial charge in [-0.2, -0.15) is 10.1 Å². The minimum Gasteiger partial charge on any atom is -0.419 e. The van der Waals surface area contributed by atoms with Crippen LogP contribution >= 0.6 is 11.6 Å². The lowest BCUT2D eigenvalue weighted by molar-refractivity contribution is 0.413. The van der Waals surface area contributed by atoms with Crippen molar-refractivity contribution in [2.45, 2.75) is 6.92 Å². The molecule has 0 atom stereocenters. The van der Waals surface area contributed by atoms with Gasteiger partial charge < -0.3 is 4.74 Å². The maximum Gasteiger partial charge on any atom is 0.241 e. The average Bonchev–Trinajstić information content (AvgIpc) is 2.45. The molecular formula is C9H9ClN4O. The van der Waals surface area contributed by atoms with E-state index < -0.39 is 0 Å². The van der Waals surface area contributed by atoms with Crippen LogP contribution in [0.5, 0.6) is 11.8 Å². The van der Waals surface area contributed by atoms with Gasteiger partial charge in [-0.15, -0.1) is 0 Å². The molecule has 0 spiro atoms. The molecule has 78 valence electrons. The van der Waals surface area contributed by atoms with E-state index in [4.69, 9.17) is 16.3 Å². The average molecular weight is 225 g/mol. The van der Waals surface area contributed by atoms with Gasteiger partial charge in [0.2, 0.25) is 11.8 Å². The molecule has 6 heteroatoms. The van der Waals surface area contributed by atoms with Gasteiger partial charge in [0, 0.05) is 13.1 Å². The number of hydrogen-bond acceptors (Lipinski definition) is 4. The van der Waals surface area contributed by atoms with Gasteiger partial charge in [0.1, 0.15) is 0 Å². The predicted molar refractivity (Wildman–Crippen MR) is 55.1 cm³/mol. The standard InChI is InChI=1S/C9H9ClN4O/c1-6-3-9(14(2)13-6)15-8-5-11-4-7(10)12-8/h3-5H,1-2H3. The maximum absolute atomic E-state index is 5.68. The molecule has 5 nitrogen and oxygen atoms in total. The summed E-state index contributed by atoms with van der Waals surface area (Å²) in [5, 5.41) is 4.44. The molecule has 0 aliphatic heterocycles. The first-order chi connectivity index (χ1) is 7.15. The second-order valence-corrected chi connectivity index (χ2v) is 3.42. The SMILES string of the molecule is Cc1cc(Oc2cncc(Cl)n2)n(C)n1. The Morgan fingerprint density at radius 3 is 2.80 bits per heavy atom. The Labute approximate surface area is 91.7 Å². The molecule has 15 heavy (non-hydrogen) atoms. The van der Waals surface area contributed by atoms with Crippen LogP contribution in [0.1, 0.15) is 5.69 Å². The third-order valence-corrected chi connectivity index (χ3v) is 1.93. The van der Waals surface area contributed by atoms with Crippen LogP contribution < -0.4 is 4.74 Å². The Kier molecular flexibility index (Phi) is 2.55. The lowest BCUT2D eigenvalue weighted by Gasteiger charge is -2.03. The number of hydrogen-bond donors (Lipinski definition) is 0. The highest BCUT2D eigenvalue weighted by Gasteiger charge is 2.05. The summed E-state index contributed by atoms with van der Waals surface area (Å²) in [5.41, 5.74) is 0.877. The van der Waals surface area contributed by atoms with Crippen LogP contribution in [0, 0.1) is 6.92 Å². The van der Waals surface area contributed by atoms with Crippen molar-refractivity contribution in [2.75, 3.05) is 0 Å². The monoisotopic (exact) mass is 224 g/mol. The van der Waals surface area contributed by atoms with Crippen molar-refractivity contribution in [1.82, 2.24) is 19.7 Å². The fourth-order valence-electron chi connectivity index (χ4n) is 1.16.